The number of fused-ring (bicyclic) bond motifs is 1. The molecule has 0 saturated heterocycles. The lowest BCUT2D eigenvalue weighted by Crippen LogP contribution is -2.20. The lowest BCUT2D eigenvalue weighted by molar-refractivity contribution is 0.102. The van der Waals surface area contributed by atoms with E-state index in [1.54, 1.807) is 18.2 Å². The van der Waals surface area contributed by atoms with Gasteiger partial charge in [-0.2, -0.15) is 0 Å². The molecule has 6 nitrogen and oxygen atoms in total. The summed E-state index contributed by atoms with van der Waals surface area (Å²) in [5, 5.41) is 5.61. The molecule has 146 valence electrons. The predicted molar refractivity (Wildman–Crippen MR) is 114 cm³/mol. The zero-order valence-corrected chi connectivity index (χ0v) is 16.5. The highest BCUT2D eigenvalue weighted by Crippen LogP contribution is 2.27. The minimum absolute atomic E-state index is 0.0575. The van der Waals surface area contributed by atoms with E-state index in [9.17, 15) is 9.59 Å². The molecule has 0 fully saturated rings. The number of aromatic nitrogens is 1. The summed E-state index contributed by atoms with van der Waals surface area (Å²) < 4.78 is 10.8. The van der Waals surface area contributed by atoms with Crippen molar-refractivity contribution in [1.29, 1.82) is 0 Å². The van der Waals surface area contributed by atoms with Crippen LogP contribution in [0, 0.1) is 0 Å². The number of hydrogen-bond donors (Lipinski definition) is 1. The predicted octanol–water partition coefficient (Wildman–Crippen LogP) is 4.96. The summed E-state index contributed by atoms with van der Waals surface area (Å²) in [6, 6.07) is 16.2. The average Bonchev–Trinajstić information content (AvgIpc) is 3.20. The maximum atomic E-state index is 12.5. The summed E-state index contributed by atoms with van der Waals surface area (Å²) in [4.78, 5) is 29.1. The molecule has 29 heavy (non-hydrogen) atoms. The van der Waals surface area contributed by atoms with Crippen LogP contribution < -0.4 is 15.7 Å². The van der Waals surface area contributed by atoms with Crippen molar-refractivity contribution < 1.29 is 13.9 Å². The number of benzene rings is 2. The van der Waals surface area contributed by atoms with Crippen LogP contribution in [-0.2, 0) is 0 Å². The third-order valence-electron chi connectivity index (χ3n) is 4.23. The van der Waals surface area contributed by atoms with Gasteiger partial charge in [-0.25, -0.2) is 9.78 Å². The van der Waals surface area contributed by atoms with Crippen LogP contribution in [0.25, 0.3) is 22.2 Å². The Bertz CT molecular complexity index is 1210. The molecular weight excluding hydrogens is 388 g/mol. The second-order valence-corrected chi connectivity index (χ2v) is 7.21. The van der Waals surface area contributed by atoms with E-state index in [1.165, 1.54) is 17.4 Å². The number of carbonyl (C=O) groups is 1. The number of rotatable bonds is 6. The number of ether oxygens (including phenoxy) is 1. The van der Waals surface area contributed by atoms with Crippen LogP contribution in [-0.4, -0.2) is 17.5 Å². The van der Waals surface area contributed by atoms with Crippen LogP contribution in [0.2, 0.25) is 0 Å². The van der Waals surface area contributed by atoms with Gasteiger partial charge in [0.05, 0.1) is 12.3 Å². The van der Waals surface area contributed by atoms with Crippen LogP contribution in [0.4, 0.5) is 5.13 Å². The zero-order valence-electron chi connectivity index (χ0n) is 15.7. The first-order valence-corrected chi connectivity index (χ1v) is 10.0. The van der Waals surface area contributed by atoms with E-state index in [0.29, 0.717) is 22.7 Å². The maximum absolute atomic E-state index is 12.5. The van der Waals surface area contributed by atoms with Gasteiger partial charge in [0.2, 0.25) is 0 Å². The summed E-state index contributed by atoms with van der Waals surface area (Å²) in [5.41, 5.74) is 1.35. The summed E-state index contributed by atoms with van der Waals surface area (Å²) in [7, 11) is 0. The third-order valence-corrected chi connectivity index (χ3v) is 4.99. The Morgan fingerprint density at radius 1 is 1.17 bits per heavy atom. The molecule has 0 spiro atoms. The topological polar surface area (TPSA) is 81.4 Å². The number of thiazole rings is 1. The highest BCUT2D eigenvalue weighted by atomic mass is 32.1. The van der Waals surface area contributed by atoms with Crippen LogP contribution in [0.5, 0.6) is 5.75 Å². The van der Waals surface area contributed by atoms with Crippen molar-refractivity contribution >= 4 is 33.3 Å². The molecule has 4 rings (SSSR count). The molecule has 2 heterocycles. The molecule has 0 atom stereocenters. The van der Waals surface area contributed by atoms with Crippen molar-refractivity contribution in [2.75, 3.05) is 11.9 Å². The first-order valence-electron chi connectivity index (χ1n) is 9.17. The highest BCUT2D eigenvalue weighted by Gasteiger charge is 2.15. The molecule has 1 N–H and O–H groups in total. The number of nitrogens with one attached hydrogen (secondary N) is 1. The molecule has 2 aromatic carbocycles. The fourth-order valence-corrected chi connectivity index (χ4v) is 3.50. The highest BCUT2D eigenvalue weighted by molar-refractivity contribution is 7.14. The SMILES string of the molecule is CCCOc1ccc(-c2csc(NC(=O)c3cc4ccccc4oc3=O)n2)cc1. The third kappa shape index (κ3) is 4.20. The van der Waals surface area contributed by atoms with E-state index < -0.39 is 11.5 Å². The van der Waals surface area contributed by atoms with Crippen molar-refractivity contribution in [3.63, 3.8) is 0 Å². The van der Waals surface area contributed by atoms with E-state index >= 15 is 0 Å². The number of hydrogen-bond acceptors (Lipinski definition) is 6. The lowest BCUT2D eigenvalue weighted by atomic mass is 10.2. The Kier molecular flexibility index (Phi) is 5.39. The van der Waals surface area contributed by atoms with Gasteiger partial charge in [-0.1, -0.05) is 25.1 Å². The zero-order chi connectivity index (χ0) is 20.2. The van der Waals surface area contributed by atoms with E-state index in [0.717, 1.165) is 23.4 Å². The standard InChI is InChI=1S/C22H18N2O4S/c1-2-11-27-16-9-7-14(8-10-16)18-13-29-22(23-18)24-20(25)17-12-15-5-3-4-6-19(15)28-21(17)26/h3-10,12-13H,2,11H2,1H3,(H,23,24,25). The van der Waals surface area contributed by atoms with Gasteiger partial charge in [-0.15, -0.1) is 11.3 Å². The van der Waals surface area contributed by atoms with Crippen molar-refractivity contribution in [2.24, 2.45) is 0 Å². The van der Waals surface area contributed by atoms with Gasteiger partial charge in [-0.3, -0.25) is 10.1 Å². The van der Waals surface area contributed by atoms with Gasteiger partial charge in [0.1, 0.15) is 16.9 Å². The van der Waals surface area contributed by atoms with E-state index in [-0.39, 0.29) is 5.56 Å². The van der Waals surface area contributed by atoms with Gasteiger partial charge in [0.25, 0.3) is 5.91 Å². The second-order valence-electron chi connectivity index (χ2n) is 6.35. The number of para-hydroxylation sites is 1. The van der Waals surface area contributed by atoms with E-state index in [2.05, 4.69) is 17.2 Å². The van der Waals surface area contributed by atoms with Gasteiger partial charge >= 0.3 is 5.63 Å². The molecule has 0 radical (unpaired) electrons. The van der Waals surface area contributed by atoms with Crippen LogP contribution in [0.3, 0.4) is 0 Å². The molecule has 0 aliphatic rings. The Hall–Kier alpha value is -3.45. The largest absolute Gasteiger partial charge is 0.494 e. The Morgan fingerprint density at radius 3 is 2.76 bits per heavy atom. The van der Waals surface area contributed by atoms with E-state index in [1.807, 2.05) is 35.7 Å². The van der Waals surface area contributed by atoms with Crippen LogP contribution >= 0.6 is 11.3 Å². The van der Waals surface area contributed by atoms with Crippen molar-refractivity contribution in [1.82, 2.24) is 4.98 Å². The number of nitrogens with zero attached hydrogens (tertiary/aromatic N) is 1. The number of amides is 1. The average molecular weight is 406 g/mol. The summed E-state index contributed by atoms with van der Waals surface area (Å²) in [5.74, 6) is 0.260. The Labute approximate surface area is 170 Å². The second kappa shape index (κ2) is 8.28. The molecule has 7 heteroatoms. The quantitative estimate of drug-likeness (QED) is 0.458. The maximum Gasteiger partial charge on any atom is 0.349 e. The molecule has 1 amide bonds. The van der Waals surface area contributed by atoms with Crippen molar-refractivity contribution in [3.05, 3.63) is 76.0 Å². The van der Waals surface area contributed by atoms with Gasteiger partial charge in [0, 0.05) is 16.3 Å². The van der Waals surface area contributed by atoms with Gasteiger partial charge in [0.15, 0.2) is 5.13 Å². The normalized spacial score (nSPS) is 10.8. The van der Waals surface area contributed by atoms with Crippen molar-refractivity contribution in [3.8, 4) is 17.0 Å². The Balaban J connectivity index is 1.51. The van der Waals surface area contributed by atoms with Crippen LogP contribution in [0.1, 0.15) is 23.7 Å². The first-order chi connectivity index (χ1) is 14.1. The molecule has 2 aromatic heterocycles. The molecular formula is C22H18N2O4S. The monoisotopic (exact) mass is 406 g/mol. The first kappa shape index (κ1) is 18.9. The van der Waals surface area contributed by atoms with E-state index in [4.69, 9.17) is 9.15 Å². The van der Waals surface area contributed by atoms with Gasteiger partial charge < -0.3 is 9.15 Å². The summed E-state index contributed by atoms with van der Waals surface area (Å²) in [6.45, 7) is 2.73. The summed E-state index contributed by atoms with van der Waals surface area (Å²) >= 11 is 1.29. The fraction of sp³-hybridized carbons (Fsp3) is 0.136. The number of carbonyl (C=O) groups excluding carboxylic acids is 1. The smallest absolute Gasteiger partial charge is 0.349 e. The molecule has 0 aliphatic heterocycles. The lowest BCUT2D eigenvalue weighted by Gasteiger charge is -2.04. The van der Waals surface area contributed by atoms with Gasteiger partial charge in [-0.05, 0) is 42.8 Å². The Morgan fingerprint density at radius 2 is 1.97 bits per heavy atom. The molecule has 0 unspecified atom stereocenters. The van der Waals surface area contributed by atoms with Crippen molar-refractivity contribution in [2.45, 2.75) is 13.3 Å². The summed E-state index contributed by atoms with van der Waals surface area (Å²) in [6.07, 6.45) is 0.951. The molecule has 4 aromatic rings. The fourth-order valence-electron chi connectivity index (χ4n) is 2.79. The molecule has 0 aliphatic carbocycles. The van der Waals surface area contributed by atoms with Crippen LogP contribution in [0.15, 0.2) is 69.2 Å². The molecule has 0 bridgehead atoms. The minimum atomic E-state index is -0.680. The molecule has 0 saturated carbocycles. The number of anilines is 1. The minimum Gasteiger partial charge on any atom is -0.494 e.